The Bertz CT molecular complexity index is 573. The largest absolute Gasteiger partial charge is 0.462 e. The molecule has 1 aromatic heterocycles. The first kappa shape index (κ1) is 11.6. The van der Waals surface area contributed by atoms with Crippen LogP contribution in [0.4, 0.5) is 0 Å². The van der Waals surface area contributed by atoms with Gasteiger partial charge in [-0.3, -0.25) is 0 Å². The molecule has 0 saturated carbocycles. The number of fused-ring (bicyclic) bond motifs is 1. The first-order valence-corrected chi connectivity index (χ1v) is 5.63. The fraction of sp³-hybridized carbons (Fsp3) is 0.286. The van der Waals surface area contributed by atoms with E-state index in [-0.39, 0.29) is 5.97 Å². The van der Waals surface area contributed by atoms with Gasteiger partial charge in [-0.1, -0.05) is 6.07 Å². The summed E-state index contributed by atoms with van der Waals surface area (Å²) in [6, 6.07) is 7.70. The number of hydrogen-bond acceptors (Lipinski definition) is 2. The zero-order chi connectivity index (χ0) is 12.4. The van der Waals surface area contributed by atoms with E-state index in [2.05, 4.69) is 0 Å². The summed E-state index contributed by atoms with van der Waals surface area (Å²) in [7, 11) is 0. The number of hydrogen-bond donors (Lipinski definition) is 0. The van der Waals surface area contributed by atoms with Crippen LogP contribution in [-0.4, -0.2) is 12.6 Å². The molecule has 0 spiro atoms. The minimum absolute atomic E-state index is 0.337. The third kappa shape index (κ3) is 2.28. The van der Waals surface area contributed by atoms with Crippen molar-refractivity contribution in [3.63, 3.8) is 0 Å². The van der Waals surface area contributed by atoms with E-state index < -0.39 is 0 Å². The van der Waals surface area contributed by atoms with Crippen molar-refractivity contribution in [1.29, 1.82) is 0 Å². The smallest absolute Gasteiger partial charge is 0.360 e. The summed E-state index contributed by atoms with van der Waals surface area (Å²) in [5.74, 6) is 0.248. The third-order valence-electron chi connectivity index (χ3n) is 2.61. The Morgan fingerprint density at radius 1 is 1.29 bits per heavy atom. The second-order valence-electron chi connectivity index (χ2n) is 3.98. The summed E-state index contributed by atoms with van der Waals surface area (Å²) in [6.45, 7) is 5.93. The van der Waals surface area contributed by atoms with Crippen LogP contribution >= 0.6 is 0 Å². The Hall–Kier alpha value is -1.90. The average molecular weight is 231 g/mol. The van der Waals surface area contributed by atoms with E-state index >= 15 is 0 Å². The van der Waals surface area contributed by atoms with E-state index in [4.69, 9.17) is 9.15 Å². The summed E-state index contributed by atoms with van der Waals surface area (Å²) in [5.41, 5.74) is 2.41. The van der Waals surface area contributed by atoms with Crippen molar-refractivity contribution in [3.05, 3.63) is 41.2 Å². The summed E-state index contributed by atoms with van der Waals surface area (Å²) >= 11 is 0. The van der Waals surface area contributed by atoms with E-state index in [9.17, 15) is 4.79 Å². The van der Waals surface area contributed by atoms with E-state index in [1.165, 1.54) is 0 Å². The first-order valence-electron chi connectivity index (χ1n) is 5.63. The van der Waals surface area contributed by atoms with Crippen LogP contribution in [0.25, 0.3) is 11.0 Å². The Morgan fingerprint density at radius 2 is 2.06 bits per heavy atom. The van der Waals surface area contributed by atoms with Crippen LogP contribution in [0, 0.1) is 13.8 Å². The highest BCUT2D eigenvalue weighted by atomic mass is 16.5. The maximum absolute atomic E-state index is 11.7. The molecule has 0 amide bonds. The molecule has 0 unspecified atom stereocenters. The molecule has 0 aliphatic heterocycles. The lowest BCUT2D eigenvalue weighted by Gasteiger charge is -2.00. The minimum Gasteiger partial charge on any atom is -0.462 e. The third-order valence-corrected chi connectivity index (χ3v) is 2.61. The van der Waals surface area contributed by atoms with Crippen molar-refractivity contribution in [2.75, 3.05) is 6.61 Å². The highest BCUT2D eigenvalue weighted by Gasteiger charge is 2.21. The van der Waals surface area contributed by atoms with Gasteiger partial charge < -0.3 is 4.74 Å². The van der Waals surface area contributed by atoms with E-state index in [1.807, 2.05) is 31.2 Å². The van der Waals surface area contributed by atoms with Crippen LogP contribution in [0.5, 0.6) is 0 Å². The van der Waals surface area contributed by atoms with Gasteiger partial charge in [-0.05, 0) is 31.5 Å². The van der Waals surface area contributed by atoms with Crippen molar-refractivity contribution < 1.29 is 13.9 Å². The second-order valence-corrected chi connectivity index (χ2v) is 3.98. The van der Waals surface area contributed by atoms with Crippen LogP contribution in [0.1, 0.15) is 28.6 Å². The van der Waals surface area contributed by atoms with Crippen LogP contribution in [0.2, 0.25) is 0 Å². The highest BCUT2D eigenvalue weighted by Crippen LogP contribution is 2.21. The molecule has 0 bridgehead atoms. The molecular formula is C14H15O3+. The average Bonchev–Trinajstić information content (AvgIpc) is 2.28. The lowest BCUT2D eigenvalue weighted by atomic mass is 10.1. The minimum atomic E-state index is -0.337. The Morgan fingerprint density at radius 3 is 2.76 bits per heavy atom. The van der Waals surface area contributed by atoms with E-state index in [1.54, 1.807) is 13.8 Å². The molecule has 88 valence electrons. The maximum Gasteiger partial charge on any atom is 0.360 e. The zero-order valence-electron chi connectivity index (χ0n) is 10.2. The molecule has 0 N–H and O–H groups in total. The molecule has 3 nitrogen and oxygen atoms in total. The summed E-state index contributed by atoms with van der Waals surface area (Å²) < 4.78 is 10.6. The summed E-state index contributed by atoms with van der Waals surface area (Å²) in [4.78, 5) is 11.7. The van der Waals surface area contributed by atoms with Crippen LogP contribution < -0.4 is 0 Å². The molecule has 0 aliphatic rings. The maximum atomic E-state index is 11.7. The molecule has 2 aromatic rings. The molecule has 2 rings (SSSR count). The van der Waals surface area contributed by atoms with Crippen molar-refractivity contribution in [2.24, 2.45) is 0 Å². The number of aryl methyl sites for hydroxylation is 2. The van der Waals surface area contributed by atoms with Gasteiger partial charge in [0.15, 0.2) is 5.56 Å². The van der Waals surface area contributed by atoms with E-state index in [0.717, 1.165) is 16.5 Å². The molecule has 1 aromatic carbocycles. The van der Waals surface area contributed by atoms with Gasteiger partial charge >= 0.3 is 17.3 Å². The van der Waals surface area contributed by atoms with Crippen molar-refractivity contribution >= 4 is 16.9 Å². The van der Waals surface area contributed by atoms with Crippen molar-refractivity contribution in [3.8, 4) is 0 Å². The standard InChI is InChI=1S/C14H15O3/c1-4-16-14(15)12-8-11-6-5-9(2)7-13(11)17-10(12)3/h5-8H,4H2,1-3H3/q+1. The lowest BCUT2D eigenvalue weighted by Crippen LogP contribution is -2.06. The van der Waals surface area contributed by atoms with Gasteiger partial charge in [-0.25, -0.2) is 9.21 Å². The van der Waals surface area contributed by atoms with Crippen LogP contribution in [0.15, 0.2) is 28.7 Å². The number of carbonyl (C=O) groups is 1. The monoisotopic (exact) mass is 231 g/mol. The molecule has 1 heterocycles. The molecule has 0 aliphatic carbocycles. The van der Waals surface area contributed by atoms with Gasteiger partial charge in [-0.2, -0.15) is 0 Å². The molecule has 0 radical (unpaired) electrons. The number of carbonyl (C=O) groups excluding carboxylic acids is 1. The second kappa shape index (κ2) is 4.53. The normalized spacial score (nSPS) is 10.5. The van der Waals surface area contributed by atoms with Gasteiger partial charge in [0.05, 0.1) is 18.9 Å². The molecule has 0 fully saturated rings. The molecule has 3 heteroatoms. The Kier molecular flexibility index (Phi) is 3.09. The fourth-order valence-electron chi connectivity index (χ4n) is 1.74. The summed E-state index contributed by atoms with van der Waals surface area (Å²) in [5, 5.41) is 0.907. The number of benzene rings is 1. The van der Waals surface area contributed by atoms with Gasteiger partial charge in [0.2, 0.25) is 0 Å². The van der Waals surface area contributed by atoms with Gasteiger partial charge in [0, 0.05) is 6.07 Å². The Balaban J connectivity index is 2.55. The van der Waals surface area contributed by atoms with Crippen LogP contribution in [0.3, 0.4) is 0 Å². The quantitative estimate of drug-likeness (QED) is 0.586. The summed E-state index contributed by atoms with van der Waals surface area (Å²) in [6.07, 6.45) is 0. The predicted molar refractivity (Wildman–Crippen MR) is 66.1 cm³/mol. The van der Waals surface area contributed by atoms with Crippen LogP contribution in [-0.2, 0) is 4.74 Å². The molecular weight excluding hydrogens is 216 g/mol. The zero-order valence-corrected chi connectivity index (χ0v) is 10.2. The highest BCUT2D eigenvalue weighted by molar-refractivity contribution is 5.94. The Labute approximate surface area is 100 Å². The van der Waals surface area contributed by atoms with Crippen molar-refractivity contribution in [2.45, 2.75) is 20.8 Å². The van der Waals surface area contributed by atoms with Crippen molar-refractivity contribution in [1.82, 2.24) is 0 Å². The van der Waals surface area contributed by atoms with E-state index in [0.29, 0.717) is 17.9 Å². The molecule has 0 saturated heterocycles. The number of esters is 1. The first-order chi connectivity index (χ1) is 8.11. The van der Waals surface area contributed by atoms with Gasteiger partial charge in [0.1, 0.15) is 0 Å². The topological polar surface area (TPSA) is 37.6 Å². The predicted octanol–water partition coefficient (Wildman–Crippen LogP) is 3.51. The molecule has 0 atom stereocenters. The lowest BCUT2D eigenvalue weighted by molar-refractivity contribution is 0.0523. The number of ether oxygens (including phenoxy) is 1. The van der Waals surface area contributed by atoms with Gasteiger partial charge in [-0.15, -0.1) is 0 Å². The fourth-order valence-corrected chi connectivity index (χ4v) is 1.74. The molecule has 17 heavy (non-hydrogen) atoms. The van der Waals surface area contributed by atoms with Gasteiger partial charge in [0.25, 0.3) is 0 Å². The SMILES string of the molecule is CCOC(=O)c1cc2ccc(C)cc2[o+]c1C. The number of rotatable bonds is 2.